The van der Waals surface area contributed by atoms with Crippen molar-refractivity contribution in [3.63, 3.8) is 0 Å². The second-order valence-electron chi connectivity index (χ2n) is 4.22. The van der Waals surface area contributed by atoms with Crippen molar-refractivity contribution in [2.45, 2.75) is 13.0 Å². The molecule has 20 heavy (non-hydrogen) atoms. The van der Waals surface area contributed by atoms with Gasteiger partial charge in [-0.15, -0.1) is 0 Å². The van der Waals surface area contributed by atoms with Crippen molar-refractivity contribution in [3.8, 4) is 0 Å². The molecular formula is C13H11Cl2F2N3. The molecule has 3 nitrogen and oxygen atoms in total. The number of rotatable bonds is 3. The first-order valence-corrected chi connectivity index (χ1v) is 6.43. The molecule has 2 rings (SSSR count). The van der Waals surface area contributed by atoms with Gasteiger partial charge in [0.05, 0.1) is 21.8 Å². The molecule has 0 aliphatic rings. The molecule has 7 heteroatoms. The maximum absolute atomic E-state index is 14.0. The number of aryl methyl sites for hydroxylation is 1. The predicted molar refractivity (Wildman–Crippen MR) is 74.5 cm³/mol. The van der Waals surface area contributed by atoms with Crippen LogP contribution in [0.1, 0.15) is 22.9 Å². The van der Waals surface area contributed by atoms with Gasteiger partial charge in [0.1, 0.15) is 0 Å². The Morgan fingerprint density at radius 2 is 1.95 bits per heavy atom. The highest BCUT2D eigenvalue weighted by atomic mass is 35.5. The molecule has 106 valence electrons. The maximum atomic E-state index is 14.0. The van der Waals surface area contributed by atoms with Crippen LogP contribution >= 0.6 is 23.2 Å². The maximum Gasteiger partial charge on any atom is 0.164 e. The Balaban J connectivity index is 2.55. The van der Waals surface area contributed by atoms with E-state index in [1.165, 1.54) is 31.3 Å². The molecule has 0 aliphatic carbocycles. The summed E-state index contributed by atoms with van der Waals surface area (Å²) >= 11 is 11.8. The van der Waals surface area contributed by atoms with E-state index in [2.05, 4.69) is 10.4 Å². The number of nitrogens with zero attached hydrogens (tertiary/aromatic N) is 1. The molecular weight excluding hydrogens is 307 g/mol. The highest BCUT2D eigenvalue weighted by molar-refractivity contribution is 6.34. The van der Waals surface area contributed by atoms with E-state index in [1.54, 1.807) is 0 Å². The van der Waals surface area contributed by atoms with Crippen LogP contribution < -0.4 is 11.3 Å². The summed E-state index contributed by atoms with van der Waals surface area (Å²) < 4.78 is 27.7. The zero-order chi connectivity index (χ0) is 14.9. The molecule has 1 heterocycles. The number of benzene rings is 1. The van der Waals surface area contributed by atoms with E-state index in [0.29, 0.717) is 5.02 Å². The van der Waals surface area contributed by atoms with Gasteiger partial charge in [-0.2, -0.15) is 0 Å². The zero-order valence-corrected chi connectivity index (χ0v) is 11.9. The van der Waals surface area contributed by atoms with Crippen molar-refractivity contribution in [2.75, 3.05) is 0 Å². The van der Waals surface area contributed by atoms with E-state index in [4.69, 9.17) is 29.0 Å². The van der Waals surface area contributed by atoms with Crippen molar-refractivity contribution in [3.05, 3.63) is 62.9 Å². The number of nitrogens with one attached hydrogen (secondary N) is 1. The van der Waals surface area contributed by atoms with Crippen LogP contribution in [0.25, 0.3) is 0 Å². The summed E-state index contributed by atoms with van der Waals surface area (Å²) in [6.07, 6.45) is 1.36. The van der Waals surface area contributed by atoms with Crippen molar-refractivity contribution in [1.29, 1.82) is 0 Å². The van der Waals surface area contributed by atoms with Gasteiger partial charge in [0.2, 0.25) is 0 Å². The molecule has 1 unspecified atom stereocenters. The second kappa shape index (κ2) is 6.01. The second-order valence-corrected chi connectivity index (χ2v) is 5.06. The lowest BCUT2D eigenvalue weighted by molar-refractivity contribution is 0.476. The van der Waals surface area contributed by atoms with E-state index >= 15 is 0 Å². The number of halogens is 4. The van der Waals surface area contributed by atoms with Gasteiger partial charge in [-0.3, -0.25) is 10.8 Å². The number of hydrazine groups is 1. The van der Waals surface area contributed by atoms with Crippen molar-refractivity contribution in [1.82, 2.24) is 10.4 Å². The summed E-state index contributed by atoms with van der Waals surface area (Å²) in [5, 5.41) is 0.547. The van der Waals surface area contributed by atoms with Gasteiger partial charge in [-0.25, -0.2) is 14.2 Å². The van der Waals surface area contributed by atoms with Gasteiger partial charge in [0.25, 0.3) is 0 Å². The molecule has 0 spiro atoms. The van der Waals surface area contributed by atoms with Gasteiger partial charge < -0.3 is 0 Å². The van der Waals surface area contributed by atoms with Crippen LogP contribution in [0.5, 0.6) is 0 Å². The molecule has 0 amide bonds. The Kier molecular flexibility index (Phi) is 4.55. The molecule has 0 aliphatic heterocycles. The fourth-order valence-electron chi connectivity index (χ4n) is 1.84. The molecule has 2 aromatic rings. The highest BCUT2D eigenvalue weighted by Gasteiger charge is 2.23. The average Bonchev–Trinajstić information content (AvgIpc) is 2.41. The first kappa shape index (κ1) is 15.1. The molecule has 0 fully saturated rings. The lowest BCUT2D eigenvalue weighted by atomic mass is 10.0. The lowest BCUT2D eigenvalue weighted by Gasteiger charge is -2.18. The van der Waals surface area contributed by atoms with Crippen LogP contribution in [0, 0.1) is 18.6 Å². The minimum Gasteiger partial charge on any atom is -0.271 e. The first-order valence-electron chi connectivity index (χ1n) is 5.67. The molecule has 3 N–H and O–H groups in total. The molecule has 1 atom stereocenters. The first-order chi connectivity index (χ1) is 9.45. The third kappa shape index (κ3) is 2.76. The number of hydrogen-bond acceptors (Lipinski definition) is 3. The lowest BCUT2D eigenvalue weighted by Crippen LogP contribution is -2.30. The number of nitrogens with two attached hydrogens (primary N) is 1. The fourth-order valence-corrected chi connectivity index (χ4v) is 2.33. The van der Waals surface area contributed by atoms with Crippen LogP contribution in [-0.4, -0.2) is 4.98 Å². The highest BCUT2D eigenvalue weighted by Crippen LogP contribution is 2.30. The van der Waals surface area contributed by atoms with Crippen molar-refractivity contribution < 1.29 is 8.78 Å². The van der Waals surface area contributed by atoms with Crippen LogP contribution in [0.2, 0.25) is 10.0 Å². The monoisotopic (exact) mass is 317 g/mol. The molecule has 0 radical (unpaired) electrons. The Labute approximate surface area is 124 Å². The minimum atomic E-state index is -0.985. The smallest absolute Gasteiger partial charge is 0.164 e. The summed E-state index contributed by atoms with van der Waals surface area (Å²) in [6.45, 7) is 1.47. The summed E-state index contributed by atoms with van der Waals surface area (Å²) in [4.78, 5) is 4.02. The average molecular weight is 318 g/mol. The number of aromatic nitrogens is 1. The van der Waals surface area contributed by atoms with Crippen molar-refractivity contribution in [2.24, 2.45) is 5.84 Å². The van der Waals surface area contributed by atoms with E-state index in [-0.39, 0.29) is 21.8 Å². The molecule has 1 aromatic heterocycles. The van der Waals surface area contributed by atoms with E-state index in [1.807, 2.05) is 0 Å². The molecule has 0 saturated heterocycles. The molecule has 0 bridgehead atoms. The molecule has 1 aromatic carbocycles. The standard InChI is InChI=1S/C13H11Cl2F2N3/c1-6-2-3-8(11(17)10(6)16)12(20-18)13-9(15)4-7(14)5-19-13/h2-5,12,20H,18H2,1H3. The zero-order valence-electron chi connectivity index (χ0n) is 10.4. The van der Waals surface area contributed by atoms with E-state index < -0.39 is 17.7 Å². The van der Waals surface area contributed by atoms with Gasteiger partial charge in [0, 0.05) is 11.8 Å². The van der Waals surface area contributed by atoms with Crippen LogP contribution in [0.4, 0.5) is 8.78 Å². The Hall–Kier alpha value is -1.27. The largest absolute Gasteiger partial charge is 0.271 e. The SMILES string of the molecule is Cc1ccc(C(NN)c2ncc(Cl)cc2Cl)c(F)c1F. The fraction of sp³-hybridized carbons (Fsp3) is 0.154. The third-order valence-electron chi connectivity index (χ3n) is 2.89. The summed E-state index contributed by atoms with van der Waals surface area (Å²) in [5.74, 6) is 3.52. The van der Waals surface area contributed by atoms with E-state index in [0.717, 1.165) is 0 Å². The predicted octanol–water partition coefficient (Wildman–Crippen LogP) is 3.53. The van der Waals surface area contributed by atoms with E-state index in [9.17, 15) is 8.78 Å². The third-order valence-corrected chi connectivity index (χ3v) is 3.40. The molecule has 0 saturated carbocycles. The van der Waals surface area contributed by atoms with Crippen molar-refractivity contribution >= 4 is 23.2 Å². The summed E-state index contributed by atoms with van der Waals surface area (Å²) in [5.41, 5.74) is 2.88. The Bertz CT molecular complexity index is 650. The van der Waals surface area contributed by atoms with Crippen LogP contribution in [0.3, 0.4) is 0 Å². The summed E-state index contributed by atoms with van der Waals surface area (Å²) in [6, 6.07) is 3.47. The van der Waals surface area contributed by atoms with Gasteiger partial charge >= 0.3 is 0 Å². The minimum absolute atomic E-state index is 0.0207. The Morgan fingerprint density at radius 1 is 1.25 bits per heavy atom. The topological polar surface area (TPSA) is 50.9 Å². The number of hydrogen-bond donors (Lipinski definition) is 2. The number of pyridine rings is 1. The van der Waals surface area contributed by atoms with Gasteiger partial charge in [-0.05, 0) is 18.6 Å². The van der Waals surface area contributed by atoms with Crippen LogP contribution in [0.15, 0.2) is 24.4 Å². The van der Waals surface area contributed by atoms with Crippen LogP contribution in [-0.2, 0) is 0 Å². The Morgan fingerprint density at radius 3 is 2.55 bits per heavy atom. The normalized spacial score (nSPS) is 12.5. The van der Waals surface area contributed by atoms with Gasteiger partial charge in [0.15, 0.2) is 11.6 Å². The summed E-state index contributed by atoms with van der Waals surface area (Å²) in [7, 11) is 0. The quantitative estimate of drug-likeness (QED) is 0.672. The van der Waals surface area contributed by atoms with Gasteiger partial charge in [-0.1, -0.05) is 35.3 Å².